The molecule has 0 atom stereocenters. The van der Waals surface area contributed by atoms with Gasteiger partial charge in [0, 0.05) is 23.1 Å². The summed E-state index contributed by atoms with van der Waals surface area (Å²) in [6.45, 7) is 3.15. The highest BCUT2D eigenvalue weighted by molar-refractivity contribution is 9.10. The highest BCUT2D eigenvalue weighted by Crippen LogP contribution is 2.45. The smallest absolute Gasteiger partial charge is 0.267 e. The predicted molar refractivity (Wildman–Crippen MR) is 126 cm³/mol. The Balaban J connectivity index is 1.68. The number of hydrogen-bond acceptors (Lipinski definition) is 4. The van der Waals surface area contributed by atoms with Crippen LogP contribution in [0, 0.1) is 0 Å². The standard InChI is InChI=1S/C22H19BrN2O2S2/c1-2-11-24-17-9-8-15(23)13-16(17)18(20(24)26)19-21(27)25(22(28)29-19)12-10-14-6-4-3-5-7-14/h3-9,13H,2,10-12H2,1H3. The number of hydrogen-bond donors (Lipinski definition) is 0. The Labute approximate surface area is 188 Å². The molecule has 4 rings (SSSR count). The van der Waals surface area contributed by atoms with Crippen molar-refractivity contribution in [1.29, 1.82) is 0 Å². The molecule has 1 fully saturated rings. The predicted octanol–water partition coefficient (Wildman–Crippen LogP) is 5.02. The van der Waals surface area contributed by atoms with E-state index in [0.717, 1.165) is 27.7 Å². The van der Waals surface area contributed by atoms with E-state index < -0.39 is 0 Å². The summed E-state index contributed by atoms with van der Waals surface area (Å²) >= 11 is 10.2. The van der Waals surface area contributed by atoms with E-state index in [-0.39, 0.29) is 11.8 Å². The summed E-state index contributed by atoms with van der Waals surface area (Å²) < 4.78 is 1.38. The van der Waals surface area contributed by atoms with Crippen molar-refractivity contribution in [2.75, 3.05) is 18.0 Å². The minimum atomic E-state index is -0.177. The van der Waals surface area contributed by atoms with Crippen LogP contribution in [0.4, 0.5) is 5.69 Å². The molecule has 4 nitrogen and oxygen atoms in total. The normalized spacial score (nSPS) is 18.8. The van der Waals surface area contributed by atoms with Crippen LogP contribution in [-0.2, 0) is 16.0 Å². The topological polar surface area (TPSA) is 40.6 Å². The Hall–Kier alpha value is -1.96. The molecular formula is C22H19BrN2O2S2. The van der Waals surface area contributed by atoms with Gasteiger partial charge in [-0.15, -0.1) is 0 Å². The van der Waals surface area contributed by atoms with E-state index in [1.54, 1.807) is 9.80 Å². The fourth-order valence-corrected chi connectivity index (χ4v) is 5.34. The summed E-state index contributed by atoms with van der Waals surface area (Å²) in [5, 5.41) is 0. The van der Waals surface area contributed by atoms with E-state index >= 15 is 0 Å². The van der Waals surface area contributed by atoms with E-state index in [1.165, 1.54) is 11.8 Å². The summed E-state index contributed by atoms with van der Waals surface area (Å²) in [6, 6.07) is 15.8. The molecule has 2 aliphatic rings. The fraction of sp³-hybridized carbons (Fsp3) is 0.227. The van der Waals surface area contributed by atoms with Crippen LogP contribution in [0.25, 0.3) is 5.57 Å². The van der Waals surface area contributed by atoms with Crippen LogP contribution in [0.3, 0.4) is 0 Å². The molecular weight excluding hydrogens is 468 g/mol. The van der Waals surface area contributed by atoms with Crippen molar-refractivity contribution in [3.05, 3.63) is 69.0 Å². The number of anilines is 1. The van der Waals surface area contributed by atoms with Crippen LogP contribution in [0.2, 0.25) is 0 Å². The Morgan fingerprint density at radius 1 is 1.00 bits per heavy atom. The molecule has 2 aromatic carbocycles. The Morgan fingerprint density at radius 2 is 1.76 bits per heavy atom. The third-order valence-corrected chi connectivity index (χ3v) is 6.91. The SMILES string of the molecule is CCCN1C(=O)C(=C2SC(=S)N(CCc3ccccc3)C2=O)c2cc(Br)ccc21. The first kappa shape index (κ1) is 20.3. The molecule has 0 saturated carbocycles. The van der Waals surface area contributed by atoms with Crippen molar-refractivity contribution in [2.24, 2.45) is 0 Å². The maximum Gasteiger partial charge on any atom is 0.267 e. The molecule has 2 aliphatic heterocycles. The average molecular weight is 487 g/mol. The molecule has 2 heterocycles. The van der Waals surface area contributed by atoms with Crippen molar-refractivity contribution in [2.45, 2.75) is 19.8 Å². The number of amides is 2. The van der Waals surface area contributed by atoms with Gasteiger partial charge in [0.25, 0.3) is 11.8 Å². The number of carbonyl (C=O) groups is 2. The maximum absolute atomic E-state index is 13.2. The number of fused-ring (bicyclic) bond motifs is 1. The lowest BCUT2D eigenvalue weighted by atomic mass is 10.1. The number of rotatable bonds is 5. The van der Waals surface area contributed by atoms with Gasteiger partial charge in [0.15, 0.2) is 0 Å². The molecule has 7 heteroatoms. The van der Waals surface area contributed by atoms with Gasteiger partial charge in [-0.05, 0) is 36.6 Å². The second-order valence-electron chi connectivity index (χ2n) is 6.88. The van der Waals surface area contributed by atoms with Gasteiger partial charge in [0.1, 0.15) is 4.32 Å². The van der Waals surface area contributed by atoms with Gasteiger partial charge in [0.2, 0.25) is 0 Å². The molecule has 1 saturated heterocycles. The molecule has 0 spiro atoms. The van der Waals surface area contributed by atoms with E-state index in [0.29, 0.717) is 34.3 Å². The fourth-order valence-electron chi connectivity index (χ4n) is 3.60. The third kappa shape index (κ3) is 3.79. The quantitative estimate of drug-likeness (QED) is 0.439. The first-order valence-corrected chi connectivity index (χ1v) is 11.5. The average Bonchev–Trinajstić information content (AvgIpc) is 3.14. The monoisotopic (exact) mass is 486 g/mol. The van der Waals surface area contributed by atoms with Gasteiger partial charge >= 0.3 is 0 Å². The molecule has 2 aromatic rings. The summed E-state index contributed by atoms with van der Waals surface area (Å²) in [7, 11) is 0. The van der Waals surface area contributed by atoms with Crippen LogP contribution in [-0.4, -0.2) is 34.1 Å². The van der Waals surface area contributed by atoms with E-state index in [4.69, 9.17) is 12.2 Å². The lowest BCUT2D eigenvalue weighted by Crippen LogP contribution is -2.31. The van der Waals surface area contributed by atoms with E-state index in [2.05, 4.69) is 15.9 Å². The van der Waals surface area contributed by atoms with Crippen molar-refractivity contribution in [1.82, 2.24) is 4.90 Å². The molecule has 0 bridgehead atoms. The Morgan fingerprint density at radius 3 is 2.48 bits per heavy atom. The maximum atomic E-state index is 13.2. The highest BCUT2D eigenvalue weighted by atomic mass is 79.9. The minimum absolute atomic E-state index is 0.122. The molecule has 0 N–H and O–H groups in total. The minimum Gasteiger partial charge on any atom is -0.308 e. The molecule has 148 valence electrons. The van der Waals surface area contributed by atoms with Gasteiger partial charge in [-0.3, -0.25) is 14.5 Å². The van der Waals surface area contributed by atoms with E-state index in [9.17, 15) is 9.59 Å². The van der Waals surface area contributed by atoms with Gasteiger partial charge in [0.05, 0.1) is 16.2 Å². The number of benzene rings is 2. The van der Waals surface area contributed by atoms with Crippen LogP contribution in [0.5, 0.6) is 0 Å². The van der Waals surface area contributed by atoms with Crippen LogP contribution in [0.15, 0.2) is 57.9 Å². The summed E-state index contributed by atoms with van der Waals surface area (Å²) in [6.07, 6.45) is 1.56. The summed E-state index contributed by atoms with van der Waals surface area (Å²) in [5.41, 5.74) is 3.26. The zero-order valence-electron chi connectivity index (χ0n) is 15.9. The number of thioether (sulfide) groups is 1. The van der Waals surface area contributed by atoms with Crippen molar-refractivity contribution < 1.29 is 9.59 Å². The van der Waals surface area contributed by atoms with Gasteiger partial charge in [-0.1, -0.05) is 77.2 Å². The Kier molecular flexibility index (Phi) is 5.90. The molecule has 2 amide bonds. The molecule has 0 unspecified atom stereocenters. The first-order chi connectivity index (χ1) is 14.0. The van der Waals surface area contributed by atoms with Crippen LogP contribution >= 0.6 is 39.9 Å². The van der Waals surface area contributed by atoms with Crippen molar-refractivity contribution in [3.63, 3.8) is 0 Å². The Bertz CT molecular complexity index is 1040. The molecule has 0 aliphatic carbocycles. The highest BCUT2D eigenvalue weighted by Gasteiger charge is 2.41. The number of carbonyl (C=O) groups excluding carboxylic acids is 2. The first-order valence-electron chi connectivity index (χ1n) is 9.45. The zero-order valence-corrected chi connectivity index (χ0v) is 19.1. The lowest BCUT2D eigenvalue weighted by Gasteiger charge is -2.15. The second kappa shape index (κ2) is 8.42. The summed E-state index contributed by atoms with van der Waals surface area (Å²) in [4.78, 5) is 30.2. The van der Waals surface area contributed by atoms with Gasteiger partial charge < -0.3 is 4.90 Å². The van der Waals surface area contributed by atoms with Gasteiger partial charge in [-0.25, -0.2) is 0 Å². The molecule has 29 heavy (non-hydrogen) atoms. The number of thiocarbonyl (C=S) groups is 1. The van der Waals surface area contributed by atoms with Crippen molar-refractivity contribution in [3.8, 4) is 0 Å². The van der Waals surface area contributed by atoms with E-state index in [1.807, 2.05) is 55.5 Å². The van der Waals surface area contributed by atoms with Crippen LogP contribution < -0.4 is 4.90 Å². The zero-order chi connectivity index (χ0) is 20.5. The van der Waals surface area contributed by atoms with Crippen molar-refractivity contribution >= 4 is 67.3 Å². The largest absolute Gasteiger partial charge is 0.308 e. The summed E-state index contributed by atoms with van der Waals surface area (Å²) in [5.74, 6) is -0.299. The molecule has 0 radical (unpaired) electrons. The third-order valence-electron chi connectivity index (χ3n) is 4.97. The van der Waals surface area contributed by atoms with Gasteiger partial charge in [-0.2, -0.15) is 0 Å². The number of nitrogens with zero attached hydrogens (tertiary/aromatic N) is 2. The molecule has 0 aromatic heterocycles. The number of halogens is 1. The second-order valence-corrected chi connectivity index (χ2v) is 9.44. The van der Waals surface area contributed by atoms with Crippen LogP contribution in [0.1, 0.15) is 24.5 Å². The lowest BCUT2D eigenvalue weighted by molar-refractivity contribution is -0.122.